The van der Waals surface area contributed by atoms with Gasteiger partial charge in [-0.1, -0.05) is 5.92 Å². The SMILES string of the molecule is C#CCN1C(=O)C(F)(F)Oc2cc(F)c(SC#N)cc21. The second-order valence-electron chi connectivity index (χ2n) is 3.66. The number of ether oxygens (including phenoxy) is 1. The molecule has 1 heterocycles. The molecule has 1 amide bonds. The van der Waals surface area contributed by atoms with Crippen LogP contribution in [-0.4, -0.2) is 18.6 Å². The Balaban J connectivity index is 2.59. The van der Waals surface area contributed by atoms with Crippen LogP contribution >= 0.6 is 11.8 Å². The Morgan fingerprint density at radius 3 is 2.80 bits per heavy atom. The molecule has 0 bridgehead atoms. The van der Waals surface area contributed by atoms with Crippen LogP contribution in [0.15, 0.2) is 17.0 Å². The van der Waals surface area contributed by atoms with Crippen molar-refractivity contribution >= 4 is 23.4 Å². The first-order valence-corrected chi connectivity index (χ1v) is 5.94. The molecule has 2 rings (SSSR count). The van der Waals surface area contributed by atoms with Gasteiger partial charge >= 0.3 is 12.0 Å². The maximum Gasteiger partial charge on any atom is 0.483 e. The normalized spacial score (nSPS) is 15.8. The van der Waals surface area contributed by atoms with E-state index in [1.54, 1.807) is 5.40 Å². The molecular formula is C12H5F3N2O2S. The molecule has 0 saturated carbocycles. The molecule has 20 heavy (non-hydrogen) atoms. The van der Waals surface area contributed by atoms with Crippen LogP contribution in [0.3, 0.4) is 0 Å². The zero-order chi connectivity index (χ0) is 14.9. The van der Waals surface area contributed by atoms with Crippen molar-refractivity contribution in [2.75, 3.05) is 11.4 Å². The van der Waals surface area contributed by atoms with Gasteiger partial charge in [0, 0.05) is 6.07 Å². The first kappa shape index (κ1) is 14.1. The maximum absolute atomic E-state index is 13.6. The Bertz CT molecular complexity index is 664. The van der Waals surface area contributed by atoms with Crippen molar-refractivity contribution in [1.29, 1.82) is 5.26 Å². The number of benzene rings is 1. The van der Waals surface area contributed by atoms with Crippen molar-refractivity contribution in [2.24, 2.45) is 0 Å². The zero-order valence-electron chi connectivity index (χ0n) is 9.69. The van der Waals surface area contributed by atoms with Crippen molar-refractivity contribution in [1.82, 2.24) is 0 Å². The molecule has 0 aliphatic carbocycles. The molecule has 1 aromatic carbocycles. The highest BCUT2D eigenvalue weighted by molar-refractivity contribution is 8.03. The average molecular weight is 298 g/mol. The molecule has 0 radical (unpaired) electrons. The molecule has 1 aliphatic heterocycles. The van der Waals surface area contributed by atoms with E-state index in [0.717, 1.165) is 6.07 Å². The number of hydrogen-bond acceptors (Lipinski definition) is 4. The first-order valence-electron chi connectivity index (χ1n) is 5.12. The van der Waals surface area contributed by atoms with Crippen LogP contribution < -0.4 is 9.64 Å². The lowest BCUT2D eigenvalue weighted by Crippen LogP contribution is -2.51. The van der Waals surface area contributed by atoms with Crippen molar-refractivity contribution < 1.29 is 22.7 Å². The van der Waals surface area contributed by atoms with E-state index in [4.69, 9.17) is 11.7 Å². The zero-order valence-corrected chi connectivity index (χ0v) is 10.5. The number of hydrogen-bond donors (Lipinski definition) is 0. The second-order valence-corrected chi connectivity index (χ2v) is 4.48. The molecule has 0 aromatic heterocycles. The summed E-state index contributed by atoms with van der Waals surface area (Å²) >= 11 is 0.494. The number of alkyl halides is 2. The summed E-state index contributed by atoms with van der Waals surface area (Å²) in [5, 5.41) is 10.2. The van der Waals surface area contributed by atoms with Crippen LogP contribution in [-0.2, 0) is 4.79 Å². The molecule has 8 heteroatoms. The van der Waals surface area contributed by atoms with Gasteiger partial charge in [-0.15, -0.1) is 6.42 Å². The topological polar surface area (TPSA) is 53.3 Å². The number of thioether (sulfide) groups is 1. The summed E-state index contributed by atoms with van der Waals surface area (Å²) in [5.74, 6) is -0.985. The van der Waals surface area contributed by atoms with Crippen LogP contribution in [0.4, 0.5) is 18.9 Å². The maximum atomic E-state index is 13.6. The number of halogens is 3. The van der Waals surface area contributed by atoms with Gasteiger partial charge in [0.25, 0.3) is 0 Å². The number of terminal acetylenes is 1. The van der Waals surface area contributed by atoms with Gasteiger partial charge in [0.15, 0.2) is 5.75 Å². The number of carbonyl (C=O) groups excluding carboxylic acids is 1. The van der Waals surface area contributed by atoms with Gasteiger partial charge in [0.05, 0.1) is 17.1 Å². The largest absolute Gasteiger partial charge is 0.483 e. The van der Waals surface area contributed by atoms with Crippen LogP contribution in [0, 0.1) is 28.8 Å². The quantitative estimate of drug-likeness (QED) is 0.478. The van der Waals surface area contributed by atoms with E-state index in [9.17, 15) is 18.0 Å². The molecule has 0 atom stereocenters. The number of carbonyl (C=O) groups is 1. The molecule has 4 nitrogen and oxygen atoms in total. The fourth-order valence-electron chi connectivity index (χ4n) is 1.64. The standard InChI is InChI=1S/C12H5F3N2O2S/c1-2-3-17-8-5-10(20-6-16)7(13)4-9(8)19-12(14,15)11(17)18/h1,4-5H,3H2. The van der Waals surface area contributed by atoms with Crippen molar-refractivity contribution in [3.05, 3.63) is 17.9 Å². The number of anilines is 1. The van der Waals surface area contributed by atoms with E-state index < -0.39 is 30.1 Å². The summed E-state index contributed by atoms with van der Waals surface area (Å²) < 4.78 is 44.5. The van der Waals surface area contributed by atoms with E-state index in [1.807, 2.05) is 0 Å². The van der Waals surface area contributed by atoms with E-state index in [-0.39, 0.29) is 10.6 Å². The van der Waals surface area contributed by atoms with E-state index in [2.05, 4.69) is 10.7 Å². The monoisotopic (exact) mass is 298 g/mol. The molecule has 0 N–H and O–H groups in total. The molecule has 0 saturated heterocycles. The number of thiocyanates is 1. The van der Waals surface area contributed by atoms with Crippen molar-refractivity contribution in [3.63, 3.8) is 0 Å². The first-order chi connectivity index (χ1) is 9.40. The van der Waals surface area contributed by atoms with E-state index >= 15 is 0 Å². The third-order valence-electron chi connectivity index (χ3n) is 2.44. The molecule has 0 spiro atoms. The number of rotatable bonds is 2. The number of amides is 1. The number of fused-ring (bicyclic) bond motifs is 1. The van der Waals surface area contributed by atoms with Gasteiger partial charge in [-0.2, -0.15) is 14.0 Å². The fourth-order valence-corrected chi connectivity index (χ4v) is 2.07. The van der Waals surface area contributed by atoms with Crippen LogP contribution in [0.25, 0.3) is 0 Å². The minimum Gasteiger partial charge on any atom is -0.423 e. The van der Waals surface area contributed by atoms with E-state index in [1.165, 1.54) is 0 Å². The summed E-state index contributed by atoms with van der Waals surface area (Å²) in [6.07, 6.45) is 0.922. The van der Waals surface area contributed by atoms with Gasteiger partial charge in [0.2, 0.25) is 0 Å². The number of nitriles is 1. The predicted molar refractivity (Wildman–Crippen MR) is 64.6 cm³/mol. The molecular weight excluding hydrogens is 293 g/mol. The Morgan fingerprint density at radius 2 is 2.20 bits per heavy atom. The third kappa shape index (κ3) is 2.26. The summed E-state index contributed by atoms with van der Waals surface area (Å²) in [7, 11) is 0. The second kappa shape index (κ2) is 4.99. The lowest BCUT2D eigenvalue weighted by molar-refractivity contribution is -0.192. The summed E-state index contributed by atoms with van der Waals surface area (Å²) in [4.78, 5) is 12.0. The molecule has 0 unspecified atom stereocenters. The Morgan fingerprint density at radius 1 is 1.50 bits per heavy atom. The lowest BCUT2D eigenvalue weighted by Gasteiger charge is -2.32. The van der Waals surface area contributed by atoms with Crippen LogP contribution in [0.1, 0.15) is 0 Å². The predicted octanol–water partition coefficient (Wildman–Crippen LogP) is 2.35. The van der Waals surface area contributed by atoms with Gasteiger partial charge in [-0.3, -0.25) is 9.69 Å². The van der Waals surface area contributed by atoms with Gasteiger partial charge in [-0.05, 0) is 17.8 Å². The minimum absolute atomic E-state index is 0.0991. The lowest BCUT2D eigenvalue weighted by atomic mass is 10.2. The summed E-state index contributed by atoms with van der Waals surface area (Å²) in [5.41, 5.74) is -0.0991. The highest BCUT2D eigenvalue weighted by Gasteiger charge is 2.50. The Labute approximate surface area is 116 Å². The molecule has 1 aromatic rings. The smallest absolute Gasteiger partial charge is 0.423 e. The van der Waals surface area contributed by atoms with Crippen LogP contribution in [0.2, 0.25) is 0 Å². The molecule has 1 aliphatic rings. The minimum atomic E-state index is -4.11. The van der Waals surface area contributed by atoms with E-state index in [0.29, 0.717) is 22.7 Å². The van der Waals surface area contributed by atoms with Crippen molar-refractivity contribution in [3.8, 4) is 23.5 Å². The molecule has 102 valence electrons. The highest BCUT2D eigenvalue weighted by Crippen LogP contribution is 2.42. The Hall–Kier alpha value is -2.32. The highest BCUT2D eigenvalue weighted by atomic mass is 32.2. The molecule has 0 fully saturated rings. The van der Waals surface area contributed by atoms with Crippen molar-refractivity contribution in [2.45, 2.75) is 11.0 Å². The Kier molecular flexibility index (Phi) is 3.51. The van der Waals surface area contributed by atoms with Gasteiger partial charge in [0.1, 0.15) is 11.2 Å². The average Bonchev–Trinajstić information content (AvgIpc) is 2.37. The fraction of sp³-hybridized carbons (Fsp3) is 0.167. The van der Waals surface area contributed by atoms with Gasteiger partial charge < -0.3 is 4.74 Å². The van der Waals surface area contributed by atoms with Crippen LogP contribution in [0.5, 0.6) is 5.75 Å². The summed E-state index contributed by atoms with van der Waals surface area (Å²) in [6.45, 7) is -0.424. The third-order valence-corrected chi connectivity index (χ3v) is 3.07. The van der Waals surface area contributed by atoms with Gasteiger partial charge in [-0.25, -0.2) is 4.39 Å². The number of nitrogens with zero attached hydrogens (tertiary/aromatic N) is 2. The summed E-state index contributed by atoms with van der Waals surface area (Å²) in [6, 6.07) is 1.77.